The molecule has 1 aliphatic heterocycles. The highest BCUT2D eigenvalue weighted by atomic mass is 35.5. The molecule has 0 bridgehead atoms. The number of hydrogen-bond donors (Lipinski definition) is 1. The van der Waals surface area contributed by atoms with Crippen molar-refractivity contribution >= 4 is 29.3 Å². The molecule has 0 aliphatic carbocycles. The number of thioether (sulfide) groups is 1. The molecular weight excluding hydrogens is 372 g/mol. The number of nitrogens with two attached hydrogens (primary N) is 1. The van der Waals surface area contributed by atoms with E-state index in [4.69, 9.17) is 22.1 Å². The average Bonchev–Trinajstić information content (AvgIpc) is 3.09. The van der Waals surface area contributed by atoms with Gasteiger partial charge in [-0.2, -0.15) is 0 Å². The van der Waals surface area contributed by atoms with Gasteiger partial charge in [0.15, 0.2) is 11.0 Å². The van der Waals surface area contributed by atoms with Crippen molar-refractivity contribution in [2.45, 2.75) is 16.4 Å². The minimum absolute atomic E-state index is 0.246. The Balaban J connectivity index is 1.74. The maximum absolute atomic E-state index is 13.0. The number of rotatable bonds is 3. The van der Waals surface area contributed by atoms with E-state index in [0.717, 1.165) is 11.3 Å². The molecule has 3 aromatic rings. The number of hydrogen-bond acceptors (Lipinski definition) is 6. The third-order valence-electron chi connectivity index (χ3n) is 4.26. The van der Waals surface area contributed by atoms with Crippen molar-refractivity contribution in [1.29, 1.82) is 0 Å². The first-order valence-corrected chi connectivity index (χ1v) is 9.16. The molecule has 0 saturated heterocycles. The van der Waals surface area contributed by atoms with Crippen molar-refractivity contribution in [3.8, 4) is 17.1 Å². The third kappa shape index (κ3) is 2.78. The Kier molecular flexibility index (Phi) is 4.44. The summed E-state index contributed by atoms with van der Waals surface area (Å²) in [6.07, 6.45) is 0. The highest BCUT2D eigenvalue weighted by Crippen LogP contribution is 2.42. The number of fused-ring (bicyclic) bond motifs is 1. The molecule has 132 valence electrons. The summed E-state index contributed by atoms with van der Waals surface area (Å²) in [5.74, 6) is 0.907. The lowest BCUT2D eigenvalue weighted by atomic mass is 10.0. The Morgan fingerprint density at radius 2 is 1.88 bits per heavy atom. The van der Waals surface area contributed by atoms with Crippen LogP contribution in [0.1, 0.15) is 15.6 Å². The third-order valence-corrected chi connectivity index (χ3v) is 5.88. The summed E-state index contributed by atoms with van der Waals surface area (Å²) in [4.78, 5) is 13.0. The molecule has 2 atom stereocenters. The van der Waals surface area contributed by atoms with Crippen molar-refractivity contribution in [3.63, 3.8) is 0 Å². The smallest absolute Gasteiger partial charge is 0.252 e. The maximum Gasteiger partial charge on any atom is 0.252 e. The van der Waals surface area contributed by atoms with E-state index < -0.39 is 6.04 Å². The molecule has 2 aromatic carbocycles. The Hall–Kier alpha value is -2.35. The first-order chi connectivity index (χ1) is 12.6. The summed E-state index contributed by atoms with van der Waals surface area (Å²) >= 11 is 7.67. The monoisotopic (exact) mass is 386 g/mol. The topological polar surface area (TPSA) is 83.0 Å². The lowest BCUT2D eigenvalue weighted by molar-refractivity contribution is 0.0862. The van der Waals surface area contributed by atoms with E-state index in [1.165, 1.54) is 16.3 Å². The predicted molar refractivity (Wildman–Crippen MR) is 101 cm³/mol. The molecule has 1 aromatic heterocycles. The molecule has 0 saturated carbocycles. The number of benzene rings is 2. The van der Waals surface area contributed by atoms with E-state index in [-0.39, 0.29) is 11.2 Å². The van der Waals surface area contributed by atoms with Crippen LogP contribution in [-0.4, -0.2) is 33.8 Å². The molecule has 2 heterocycles. The zero-order valence-electron chi connectivity index (χ0n) is 13.8. The second-order valence-corrected chi connectivity index (χ2v) is 7.31. The Labute approximate surface area is 159 Å². The average molecular weight is 387 g/mol. The maximum atomic E-state index is 13.0. The van der Waals surface area contributed by atoms with Gasteiger partial charge in [-0.15, -0.1) is 10.2 Å². The number of ether oxygens (including phenoxy) is 1. The lowest BCUT2D eigenvalue weighted by Gasteiger charge is -2.28. The lowest BCUT2D eigenvalue weighted by Crippen LogP contribution is -2.42. The fraction of sp³-hybridized carbons (Fsp3) is 0.167. The van der Waals surface area contributed by atoms with Crippen molar-refractivity contribution in [2.24, 2.45) is 5.73 Å². The zero-order valence-corrected chi connectivity index (χ0v) is 15.4. The molecule has 0 fully saturated rings. The van der Waals surface area contributed by atoms with Crippen molar-refractivity contribution in [3.05, 3.63) is 59.1 Å². The van der Waals surface area contributed by atoms with E-state index in [1.54, 1.807) is 19.2 Å². The number of aromatic nitrogens is 3. The van der Waals surface area contributed by atoms with Crippen molar-refractivity contribution in [2.75, 3.05) is 7.11 Å². The van der Waals surface area contributed by atoms with Gasteiger partial charge in [-0.05, 0) is 29.8 Å². The van der Waals surface area contributed by atoms with Crippen LogP contribution in [0, 0.1) is 0 Å². The van der Waals surface area contributed by atoms with E-state index in [9.17, 15) is 4.79 Å². The zero-order chi connectivity index (χ0) is 18.3. The predicted octanol–water partition coefficient (Wildman–Crippen LogP) is 3.42. The second kappa shape index (κ2) is 6.75. The molecular formula is C18H15ClN4O2S. The van der Waals surface area contributed by atoms with E-state index in [2.05, 4.69) is 10.2 Å². The van der Waals surface area contributed by atoms with Gasteiger partial charge in [0.25, 0.3) is 5.91 Å². The van der Waals surface area contributed by atoms with Gasteiger partial charge >= 0.3 is 0 Å². The molecule has 0 unspecified atom stereocenters. The number of halogens is 1. The number of nitrogens with zero attached hydrogens (tertiary/aromatic N) is 3. The van der Waals surface area contributed by atoms with Crippen LogP contribution in [0.25, 0.3) is 11.4 Å². The largest absolute Gasteiger partial charge is 0.497 e. The molecule has 0 amide bonds. The Morgan fingerprint density at radius 3 is 2.58 bits per heavy atom. The fourth-order valence-corrected chi connectivity index (χ4v) is 4.27. The van der Waals surface area contributed by atoms with E-state index in [0.29, 0.717) is 21.6 Å². The first-order valence-electron chi connectivity index (χ1n) is 7.91. The van der Waals surface area contributed by atoms with Crippen LogP contribution in [0.4, 0.5) is 0 Å². The van der Waals surface area contributed by atoms with Crippen LogP contribution >= 0.6 is 23.4 Å². The summed E-state index contributed by atoms with van der Waals surface area (Å²) in [5.41, 5.74) is 7.86. The molecule has 1 aliphatic rings. The van der Waals surface area contributed by atoms with Crippen LogP contribution < -0.4 is 10.5 Å². The SMILES string of the molecule is COc1ccc([C@H]2Sc3nnc(-c4ccccc4Cl)n3C(=O)[C@H]2N)cc1. The van der Waals surface area contributed by atoms with Gasteiger partial charge < -0.3 is 10.5 Å². The number of carbonyl (C=O) groups excluding carboxylic acids is 1. The summed E-state index contributed by atoms with van der Waals surface area (Å²) < 4.78 is 6.64. The van der Waals surface area contributed by atoms with Gasteiger partial charge in [-0.3, -0.25) is 4.79 Å². The standard InChI is InChI=1S/C18H15ClN4O2S/c1-25-11-8-6-10(7-9-11)15-14(20)17(24)23-16(21-22-18(23)26-15)12-4-2-3-5-13(12)19/h2-9,14-15H,20H2,1H3/t14-,15+/m0/s1. The van der Waals surface area contributed by atoms with Crippen LogP contribution in [0.2, 0.25) is 5.02 Å². The van der Waals surface area contributed by atoms with Gasteiger partial charge in [0, 0.05) is 5.56 Å². The Morgan fingerprint density at radius 1 is 1.15 bits per heavy atom. The van der Waals surface area contributed by atoms with Gasteiger partial charge in [0.2, 0.25) is 0 Å². The van der Waals surface area contributed by atoms with E-state index >= 15 is 0 Å². The quantitative estimate of drug-likeness (QED) is 0.742. The number of methoxy groups -OCH3 is 1. The Bertz CT molecular complexity index is 974. The van der Waals surface area contributed by atoms with Crippen LogP contribution in [0.15, 0.2) is 53.7 Å². The molecule has 0 spiro atoms. The minimum Gasteiger partial charge on any atom is -0.497 e. The number of carbonyl (C=O) groups is 1. The molecule has 4 rings (SSSR count). The second-order valence-electron chi connectivity index (χ2n) is 5.80. The molecule has 8 heteroatoms. The van der Waals surface area contributed by atoms with E-state index in [1.807, 2.05) is 36.4 Å². The molecule has 2 N–H and O–H groups in total. The highest BCUT2D eigenvalue weighted by molar-refractivity contribution is 7.99. The van der Waals surface area contributed by atoms with Crippen LogP contribution in [0.3, 0.4) is 0 Å². The van der Waals surface area contributed by atoms with Crippen LogP contribution in [-0.2, 0) is 0 Å². The highest BCUT2D eigenvalue weighted by Gasteiger charge is 2.38. The van der Waals surface area contributed by atoms with Crippen molar-refractivity contribution < 1.29 is 9.53 Å². The summed E-state index contributed by atoms with van der Waals surface area (Å²) in [7, 11) is 1.61. The summed E-state index contributed by atoms with van der Waals surface area (Å²) in [5, 5.41) is 9.13. The van der Waals surface area contributed by atoms with Crippen molar-refractivity contribution in [1.82, 2.24) is 14.8 Å². The summed E-state index contributed by atoms with van der Waals surface area (Å²) in [6, 6.07) is 14.0. The van der Waals surface area contributed by atoms with Gasteiger partial charge in [0.1, 0.15) is 11.8 Å². The summed E-state index contributed by atoms with van der Waals surface area (Å²) in [6.45, 7) is 0. The van der Waals surface area contributed by atoms with Gasteiger partial charge in [-0.25, -0.2) is 4.57 Å². The fourth-order valence-electron chi connectivity index (χ4n) is 2.90. The molecule has 26 heavy (non-hydrogen) atoms. The van der Waals surface area contributed by atoms with Gasteiger partial charge in [0.05, 0.1) is 17.4 Å². The molecule has 6 nitrogen and oxygen atoms in total. The first kappa shape index (κ1) is 17.1. The normalized spacial score (nSPS) is 19.3. The van der Waals surface area contributed by atoms with Crippen LogP contribution in [0.5, 0.6) is 5.75 Å². The molecule has 0 radical (unpaired) electrons. The minimum atomic E-state index is -0.724. The van der Waals surface area contributed by atoms with Gasteiger partial charge in [-0.1, -0.05) is 47.6 Å².